The summed E-state index contributed by atoms with van der Waals surface area (Å²) >= 11 is 0. The van der Waals surface area contributed by atoms with Gasteiger partial charge in [-0.15, -0.1) is 0 Å². The molecule has 0 spiro atoms. The number of rotatable bonds is 0. The average Bonchev–Trinajstić information content (AvgIpc) is 3.07. The first kappa shape index (κ1) is 8.39. The van der Waals surface area contributed by atoms with Gasteiger partial charge in [0.2, 0.25) is 0 Å². The van der Waals surface area contributed by atoms with E-state index in [2.05, 4.69) is 0 Å². The van der Waals surface area contributed by atoms with E-state index in [0.29, 0.717) is 0 Å². The lowest BCUT2D eigenvalue weighted by molar-refractivity contribution is 0.0811. The van der Waals surface area contributed by atoms with E-state index in [9.17, 15) is 0 Å². The monoisotopic (exact) mass is 252 g/mol. The Balaban J connectivity index is 1.33. The third-order valence-electron chi connectivity index (χ3n) is 8.47. The molecule has 0 amide bonds. The molecule has 0 aromatic rings. The van der Waals surface area contributed by atoms with Crippen molar-refractivity contribution in [1.29, 1.82) is 0 Å². The number of fused-ring (bicyclic) bond motifs is 20. The first-order chi connectivity index (χ1) is 9.42. The van der Waals surface area contributed by atoms with Gasteiger partial charge in [-0.05, 0) is 54.8 Å². The molecule has 0 aromatic heterocycles. The molecule has 6 aliphatic carbocycles. The van der Waals surface area contributed by atoms with Crippen LogP contribution in [0.2, 0.25) is 0 Å². The van der Waals surface area contributed by atoms with Crippen molar-refractivity contribution in [1.82, 2.24) is 0 Å². The third-order valence-corrected chi connectivity index (χ3v) is 8.47. The van der Waals surface area contributed by atoms with Crippen LogP contribution in [0.1, 0.15) is 19.3 Å². The second kappa shape index (κ2) is 2.08. The maximum atomic E-state index is 5.82. The van der Waals surface area contributed by atoms with Crippen molar-refractivity contribution in [3.63, 3.8) is 0 Å². The molecule has 2 heteroatoms. The van der Waals surface area contributed by atoms with Crippen LogP contribution in [-0.4, -0.2) is 0 Å². The summed E-state index contributed by atoms with van der Waals surface area (Å²) in [7, 11) is 0. The molecule has 0 radical (unpaired) electrons. The fraction of sp³-hybridized carbons (Fsp3) is 0.765. The molecule has 2 aliphatic heterocycles. The van der Waals surface area contributed by atoms with Crippen LogP contribution in [0.5, 0.6) is 0 Å². The summed E-state index contributed by atoms with van der Waals surface area (Å²) in [5, 5.41) is 0. The van der Waals surface area contributed by atoms with Crippen molar-refractivity contribution in [2.24, 2.45) is 59.2 Å². The van der Waals surface area contributed by atoms with Crippen molar-refractivity contribution in [2.45, 2.75) is 19.3 Å². The number of hydrogen-bond acceptors (Lipinski definition) is 2. The highest BCUT2D eigenvalue weighted by Crippen LogP contribution is 2.81. The maximum Gasteiger partial charge on any atom is 0.146 e. The quantitative estimate of drug-likeness (QED) is 0.619. The van der Waals surface area contributed by atoms with Crippen LogP contribution < -0.4 is 0 Å². The Morgan fingerprint density at radius 1 is 0.526 bits per heavy atom. The van der Waals surface area contributed by atoms with Crippen molar-refractivity contribution in [3.05, 3.63) is 23.0 Å². The highest BCUT2D eigenvalue weighted by Gasteiger charge is 2.77. The molecule has 0 saturated heterocycles. The van der Waals surface area contributed by atoms with Crippen LogP contribution in [-0.2, 0) is 9.47 Å². The van der Waals surface area contributed by atoms with E-state index in [4.69, 9.17) is 9.47 Å². The van der Waals surface area contributed by atoms with Crippen molar-refractivity contribution in [3.8, 4) is 0 Å². The molecule has 96 valence electrons. The molecule has 8 atom stereocenters. The molecule has 19 heavy (non-hydrogen) atoms. The second-order valence-corrected chi connectivity index (χ2v) is 8.43. The molecule has 2 heterocycles. The Morgan fingerprint density at radius 2 is 0.895 bits per heavy atom. The van der Waals surface area contributed by atoms with Gasteiger partial charge in [0.1, 0.15) is 23.0 Å². The van der Waals surface area contributed by atoms with Gasteiger partial charge in [0.05, 0.1) is 0 Å². The van der Waals surface area contributed by atoms with Crippen LogP contribution in [0.15, 0.2) is 23.0 Å². The van der Waals surface area contributed by atoms with E-state index in [1.165, 1.54) is 35.9 Å². The molecular formula is C17H16O2. The van der Waals surface area contributed by atoms with Gasteiger partial charge in [-0.2, -0.15) is 0 Å². The van der Waals surface area contributed by atoms with Crippen LogP contribution in [0.3, 0.4) is 0 Å². The highest BCUT2D eigenvalue weighted by atomic mass is 16.6. The molecule has 0 N–H and O–H groups in total. The molecule has 8 unspecified atom stereocenters. The van der Waals surface area contributed by atoms with E-state index in [0.717, 1.165) is 59.2 Å². The van der Waals surface area contributed by atoms with E-state index in [-0.39, 0.29) is 0 Å². The molecule has 8 aliphatic rings. The second-order valence-electron chi connectivity index (χ2n) is 8.43. The van der Waals surface area contributed by atoms with Crippen molar-refractivity contribution in [2.75, 3.05) is 0 Å². The van der Waals surface area contributed by atoms with Gasteiger partial charge in [0, 0.05) is 23.7 Å². The fourth-order valence-corrected chi connectivity index (χ4v) is 8.39. The summed E-state index contributed by atoms with van der Waals surface area (Å²) < 4.78 is 11.6. The molecule has 0 aromatic carbocycles. The topological polar surface area (TPSA) is 25.1 Å². The summed E-state index contributed by atoms with van der Waals surface area (Å²) in [6.07, 6.45) is 4.49. The zero-order valence-corrected chi connectivity index (χ0v) is 10.7. The normalized spacial score (nSPS) is 69.9. The van der Waals surface area contributed by atoms with E-state index < -0.39 is 0 Å². The Bertz CT molecular complexity index is 554. The minimum absolute atomic E-state index is 0.855. The highest BCUT2D eigenvalue weighted by molar-refractivity contribution is 5.42. The molecule has 8 rings (SSSR count). The van der Waals surface area contributed by atoms with Gasteiger partial charge < -0.3 is 9.47 Å². The Morgan fingerprint density at radius 3 is 1.26 bits per heavy atom. The lowest BCUT2D eigenvalue weighted by atomic mass is 9.62. The summed E-state index contributed by atoms with van der Waals surface area (Å²) in [6.45, 7) is 0. The van der Waals surface area contributed by atoms with Crippen LogP contribution >= 0.6 is 0 Å². The van der Waals surface area contributed by atoms with Crippen molar-refractivity contribution >= 4 is 0 Å². The van der Waals surface area contributed by atoms with Gasteiger partial charge in [-0.25, -0.2) is 0 Å². The van der Waals surface area contributed by atoms with E-state index >= 15 is 0 Å². The average molecular weight is 252 g/mol. The lowest BCUT2D eigenvalue weighted by Crippen LogP contribution is -2.38. The summed E-state index contributed by atoms with van der Waals surface area (Å²) in [5.41, 5.74) is 0. The van der Waals surface area contributed by atoms with Gasteiger partial charge in [0.15, 0.2) is 0 Å². The molecular weight excluding hydrogens is 236 g/mol. The lowest BCUT2D eigenvalue weighted by Gasteiger charge is -2.40. The Hall–Kier alpha value is -0.920. The van der Waals surface area contributed by atoms with Crippen LogP contribution in [0.4, 0.5) is 0 Å². The Kier molecular flexibility index (Phi) is 0.918. The zero-order chi connectivity index (χ0) is 11.6. The largest absolute Gasteiger partial charge is 0.458 e. The van der Waals surface area contributed by atoms with E-state index in [1.54, 1.807) is 6.42 Å². The SMILES string of the molecule is C1C2C3=C(O3)C1C1C3CC(C21)C1C2CC(C4=C2O4)C31. The number of hydrogen-bond donors (Lipinski definition) is 0. The standard InChI is InChI=1S/C17H16O2/c1-4-10-6-2-7(15-14(6)18-15)11(10)5(1)13-9-3-8(12(4)13)16-17(9)19-16/h4-13H,1-3H2. The van der Waals surface area contributed by atoms with Gasteiger partial charge >= 0.3 is 0 Å². The van der Waals surface area contributed by atoms with Crippen molar-refractivity contribution < 1.29 is 9.47 Å². The number of ether oxygens (including phenoxy) is 2. The van der Waals surface area contributed by atoms with E-state index in [1.807, 2.05) is 0 Å². The summed E-state index contributed by atoms with van der Waals surface area (Å²) in [6, 6.07) is 0. The minimum atomic E-state index is 0.855. The third kappa shape index (κ3) is 0.621. The van der Waals surface area contributed by atoms with Gasteiger partial charge in [-0.1, -0.05) is 0 Å². The summed E-state index contributed by atoms with van der Waals surface area (Å²) in [4.78, 5) is 0. The maximum absolute atomic E-state index is 5.82. The first-order valence-electron chi connectivity index (χ1n) is 8.25. The molecule has 2 nitrogen and oxygen atoms in total. The summed E-state index contributed by atoms with van der Waals surface area (Å²) in [5.74, 6) is 15.4. The smallest absolute Gasteiger partial charge is 0.146 e. The van der Waals surface area contributed by atoms with Crippen LogP contribution in [0, 0.1) is 59.2 Å². The molecule has 4 fully saturated rings. The zero-order valence-electron chi connectivity index (χ0n) is 10.7. The minimum Gasteiger partial charge on any atom is -0.458 e. The number of allylic oxidation sites excluding steroid dienone is 4. The molecule has 6 bridgehead atoms. The van der Waals surface area contributed by atoms with Gasteiger partial charge in [-0.3, -0.25) is 0 Å². The van der Waals surface area contributed by atoms with Crippen LogP contribution in [0.25, 0.3) is 0 Å². The van der Waals surface area contributed by atoms with Gasteiger partial charge in [0.25, 0.3) is 0 Å². The fourth-order valence-electron chi connectivity index (χ4n) is 8.39. The first-order valence-corrected chi connectivity index (χ1v) is 8.25. The predicted molar refractivity (Wildman–Crippen MR) is 65.0 cm³/mol. The molecule has 4 saturated carbocycles. The Labute approximate surface area is 111 Å². The predicted octanol–water partition coefficient (Wildman–Crippen LogP) is 2.88.